The third kappa shape index (κ3) is 99.0. The molecule has 2 aliphatic rings. The van der Waals surface area contributed by atoms with Gasteiger partial charge in [0.05, 0.1) is 12.5 Å². The van der Waals surface area contributed by atoms with Gasteiger partial charge in [0.25, 0.3) is 0 Å². The van der Waals surface area contributed by atoms with Crippen molar-refractivity contribution in [2.24, 2.45) is 0 Å². The van der Waals surface area contributed by atoms with E-state index in [4.69, 9.17) is 19.3 Å². The molecule has 2 heterocycles. The van der Waals surface area contributed by atoms with Crippen molar-refractivity contribution in [3.05, 3.63) is 36.4 Å². The molecule has 0 unspecified atom stereocenters. The second-order valence-corrected chi connectivity index (χ2v) is 10.4. The molecule has 40 heavy (non-hydrogen) atoms. The molecule has 1 aromatic carbocycles. The number of hydrogen-bond donors (Lipinski definition) is 1. The Morgan fingerprint density at radius 2 is 0.925 bits per heavy atom. The Labute approximate surface area is 253 Å². The predicted octanol–water partition coefficient (Wildman–Crippen LogP) is 8.28. The summed E-state index contributed by atoms with van der Waals surface area (Å²) in [6.45, 7) is 19.1. The molecule has 0 radical (unpaired) electrons. The maximum Gasteiger partial charge on any atom is 0.126 e. The molecule has 0 aliphatic carbocycles. The minimum Gasteiger partial charge on any atom is -0.617 e. The number of hydrogen-bond acceptors (Lipinski definition) is 6. The first-order valence-electron chi connectivity index (χ1n) is 15.3. The van der Waals surface area contributed by atoms with Crippen LogP contribution in [-0.2, 0) is 30.2 Å². The van der Waals surface area contributed by atoms with E-state index in [0.29, 0.717) is 0 Å². The number of aliphatic hydroxyl groups is 1. The van der Waals surface area contributed by atoms with E-state index in [9.17, 15) is 9.35 Å². The van der Waals surface area contributed by atoms with Crippen molar-refractivity contribution in [1.29, 1.82) is 0 Å². The molecule has 1 N–H and O–H groups in total. The fourth-order valence-electron chi connectivity index (χ4n) is 2.46. The molecule has 2 aliphatic heterocycles. The molecule has 0 saturated carbocycles. The second-order valence-electron chi connectivity index (χ2n) is 8.96. The molecule has 0 aromatic heterocycles. The van der Waals surface area contributed by atoms with Crippen LogP contribution in [0.1, 0.15) is 113 Å². The molecular formula is C33H68O6S. The SMILES string of the molecule is C1CCOCC1.C1CCOCC1.CC(C)=O.CCCCCC.CCO.CCOCC.C[S+](C)[O-].c1ccccc1. The minimum atomic E-state index is -0.611. The van der Waals surface area contributed by atoms with Gasteiger partial charge in [-0.05, 0) is 73.1 Å². The first kappa shape index (κ1) is 48.8. The summed E-state index contributed by atoms with van der Waals surface area (Å²) in [7, 11) is 0. The van der Waals surface area contributed by atoms with Crippen molar-refractivity contribution in [2.45, 2.75) is 113 Å². The summed E-state index contributed by atoms with van der Waals surface area (Å²) in [5.41, 5.74) is 0. The zero-order valence-electron chi connectivity index (χ0n) is 27.9. The fourth-order valence-corrected chi connectivity index (χ4v) is 2.46. The van der Waals surface area contributed by atoms with Crippen LogP contribution in [0.25, 0.3) is 0 Å². The van der Waals surface area contributed by atoms with E-state index in [0.717, 1.165) is 39.6 Å². The highest BCUT2D eigenvalue weighted by atomic mass is 32.2. The molecule has 0 bridgehead atoms. The smallest absolute Gasteiger partial charge is 0.126 e. The number of ether oxygens (including phenoxy) is 3. The van der Waals surface area contributed by atoms with Crippen molar-refractivity contribution in [3.63, 3.8) is 0 Å². The van der Waals surface area contributed by atoms with Gasteiger partial charge in [0.2, 0.25) is 0 Å². The predicted molar refractivity (Wildman–Crippen MR) is 177 cm³/mol. The third-order valence-corrected chi connectivity index (χ3v) is 4.19. The summed E-state index contributed by atoms with van der Waals surface area (Å²) >= 11 is -0.611. The van der Waals surface area contributed by atoms with Gasteiger partial charge in [-0.2, -0.15) is 0 Å². The second kappa shape index (κ2) is 54.2. The van der Waals surface area contributed by atoms with Crippen LogP contribution in [0.15, 0.2) is 36.4 Å². The van der Waals surface area contributed by atoms with Crippen molar-refractivity contribution < 1.29 is 28.7 Å². The molecule has 2 saturated heterocycles. The molecule has 6 nitrogen and oxygen atoms in total. The Hall–Kier alpha value is -0.960. The van der Waals surface area contributed by atoms with Crippen molar-refractivity contribution >= 4 is 17.0 Å². The van der Waals surface area contributed by atoms with Crippen molar-refractivity contribution in [1.82, 2.24) is 0 Å². The lowest BCUT2D eigenvalue weighted by Crippen LogP contribution is -2.03. The highest BCUT2D eigenvalue weighted by Gasteiger charge is 1.95. The standard InChI is InChI=1S/C6H6.C6H14.2C5H10O.C4H10O.C3H6O.C2H6OS.C2H6O/c1-2-4-6-5-3-1;1-3-5-6-4-2;2*1-2-4-6-5-3-1;1-3-5-4-2;1-3(2)4;1-4(2)3;1-2-3/h1-6H;3-6H2,1-2H3;2*1-5H2;3-4H2,1-2H3;2*1-2H3;3H,2H2,1H3. The molecule has 0 atom stereocenters. The first-order valence-corrected chi connectivity index (χ1v) is 17.2. The summed E-state index contributed by atoms with van der Waals surface area (Å²) in [5.74, 6) is 0.167. The summed E-state index contributed by atoms with van der Waals surface area (Å²) in [4.78, 5) is 9.44. The number of carbonyl (C=O) groups is 1. The molecule has 1 aromatic rings. The highest BCUT2D eigenvalue weighted by Crippen LogP contribution is 2.02. The van der Waals surface area contributed by atoms with E-state index >= 15 is 0 Å². The average molecular weight is 593 g/mol. The Kier molecular flexibility index (Phi) is 66.0. The fraction of sp³-hybridized carbons (Fsp3) is 0.788. The topological polar surface area (TPSA) is 88.1 Å². The van der Waals surface area contributed by atoms with E-state index in [1.54, 1.807) is 19.4 Å². The van der Waals surface area contributed by atoms with Gasteiger partial charge in [0, 0.05) is 46.2 Å². The van der Waals surface area contributed by atoms with Gasteiger partial charge < -0.3 is 28.7 Å². The van der Waals surface area contributed by atoms with Crippen LogP contribution in [0.2, 0.25) is 0 Å². The quantitative estimate of drug-likeness (QED) is 0.273. The lowest BCUT2D eigenvalue weighted by molar-refractivity contribution is -0.115. The number of rotatable bonds is 5. The molecule has 7 heteroatoms. The molecular weight excluding hydrogens is 524 g/mol. The summed E-state index contributed by atoms with van der Waals surface area (Å²) in [6, 6.07) is 12.0. The molecule has 2 fully saturated rings. The zero-order chi connectivity index (χ0) is 31.5. The van der Waals surface area contributed by atoms with Gasteiger partial charge in [0.15, 0.2) is 0 Å². The van der Waals surface area contributed by atoms with E-state index in [1.165, 1.54) is 78.1 Å². The minimum absolute atomic E-state index is 0.167. The number of benzene rings is 1. The Morgan fingerprint density at radius 1 is 0.700 bits per heavy atom. The van der Waals surface area contributed by atoms with Gasteiger partial charge in [0.1, 0.15) is 5.78 Å². The summed E-state index contributed by atoms with van der Waals surface area (Å²) in [5, 5.41) is 7.57. The zero-order valence-corrected chi connectivity index (χ0v) is 28.7. The number of unbranched alkanes of at least 4 members (excludes halogenated alkanes) is 3. The van der Waals surface area contributed by atoms with E-state index in [-0.39, 0.29) is 12.4 Å². The van der Waals surface area contributed by atoms with Gasteiger partial charge in [-0.15, -0.1) is 0 Å². The van der Waals surface area contributed by atoms with Crippen LogP contribution in [0.4, 0.5) is 0 Å². The van der Waals surface area contributed by atoms with E-state index in [2.05, 4.69) is 13.8 Å². The monoisotopic (exact) mass is 592 g/mol. The normalized spacial score (nSPS) is 12.8. The average Bonchev–Trinajstić information content (AvgIpc) is 2.96. The lowest BCUT2D eigenvalue weighted by atomic mass is 10.2. The molecule has 242 valence electrons. The number of carbonyl (C=O) groups excluding carboxylic acids is 1. The van der Waals surface area contributed by atoms with Gasteiger partial charge in [-0.25, -0.2) is 0 Å². The maximum atomic E-state index is 9.56. The van der Waals surface area contributed by atoms with Crippen LogP contribution < -0.4 is 0 Å². The van der Waals surface area contributed by atoms with E-state index < -0.39 is 11.2 Å². The van der Waals surface area contributed by atoms with Crippen LogP contribution in [0, 0.1) is 0 Å². The van der Waals surface area contributed by atoms with E-state index in [1.807, 2.05) is 50.2 Å². The number of ketones is 1. The highest BCUT2D eigenvalue weighted by molar-refractivity contribution is 7.89. The third-order valence-electron chi connectivity index (χ3n) is 4.19. The summed E-state index contributed by atoms with van der Waals surface area (Å²) in [6.07, 6.45) is 16.7. The Morgan fingerprint density at radius 3 is 1.00 bits per heavy atom. The maximum absolute atomic E-state index is 9.56. The van der Waals surface area contributed by atoms with Crippen LogP contribution in [-0.4, -0.2) is 74.2 Å². The summed E-state index contributed by atoms with van der Waals surface area (Å²) < 4.78 is 24.5. The molecule has 0 spiro atoms. The molecule has 0 amide bonds. The van der Waals surface area contributed by atoms with Crippen molar-refractivity contribution in [2.75, 3.05) is 58.8 Å². The van der Waals surface area contributed by atoms with Crippen LogP contribution >= 0.6 is 0 Å². The van der Waals surface area contributed by atoms with Gasteiger partial charge in [-0.1, -0.05) is 87.1 Å². The lowest BCUT2D eigenvalue weighted by Gasteiger charge is -2.08. The van der Waals surface area contributed by atoms with Gasteiger partial charge in [-0.3, -0.25) is 0 Å². The first-order chi connectivity index (χ1) is 19.2. The number of aliphatic hydroxyl groups excluding tert-OH is 1. The number of Topliss-reactive ketones (excluding diaryl/α,β-unsaturated/α-hetero) is 1. The van der Waals surface area contributed by atoms with Crippen LogP contribution in [0.3, 0.4) is 0 Å². The van der Waals surface area contributed by atoms with Gasteiger partial charge >= 0.3 is 0 Å². The Bertz CT molecular complexity index is 407. The largest absolute Gasteiger partial charge is 0.617 e. The molecule has 3 rings (SSSR count). The van der Waals surface area contributed by atoms with Crippen LogP contribution in [0.5, 0.6) is 0 Å². The van der Waals surface area contributed by atoms with Crippen molar-refractivity contribution in [3.8, 4) is 0 Å². The Balaban J connectivity index is -0.000000118.